The zero-order chi connectivity index (χ0) is 14.8. The van der Waals surface area contributed by atoms with Crippen LogP contribution in [0.5, 0.6) is 0 Å². The van der Waals surface area contributed by atoms with Crippen LogP contribution in [0, 0.1) is 5.92 Å². The van der Waals surface area contributed by atoms with E-state index in [1.54, 1.807) is 28.6 Å². The molecule has 1 fully saturated rings. The van der Waals surface area contributed by atoms with Crippen molar-refractivity contribution >= 4 is 15.7 Å². The molecule has 112 valence electrons. The zero-order valence-corrected chi connectivity index (χ0v) is 12.9. The highest BCUT2D eigenvalue weighted by atomic mass is 32.2. The van der Waals surface area contributed by atoms with Crippen LogP contribution in [0.2, 0.25) is 0 Å². The van der Waals surface area contributed by atoms with Crippen LogP contribution in [-0.4, -0.2) is 51.4 Å². The molecule has 2 rings (SSSR count). The molecule has 1 saturated heterocycles. The lowest BCUT2D eigenvalue weighted by molar-refractivity contribution is 0.225. The Labute approximate surface area is 121 Å². The highest BCUT2D eigenvalue weighted by Crippen LogP contribution is 2.26. The number of nitrogens with two attached hydrogens (primary N) is 1. The van der Waals surface area contributed by atoms with E-state index in [2.05, 4.69) is 4.90 Å². The van der Waals surface area contributed by atoms with Gasteiger partial charge < -0.3 is 10.6 Å². The molecule has 0 bridgehead atoms. The Balaban J connectivity index is 2.08. The fourth-order valence-corrected chi connectivity index (χ4v) is 4.29. The number of hydrogen-bond acceptors (Lipinski definition) is 4. The molecule has 1 aliphatic heterocycles. The van der Waals surface area contributed by atoms with Gasteiger partial charge in [-0.3, -0.25) is 0 Å². The molecule has 0 aliphatic carbocycles. The van der Waals surface area contributed by atoms with Crippen molar-refractivity contribution in [3.63, 3.8) is 0 Å². The second-order valence-electron chi connectivity index (χ2n) is 5.65. The molecule has 2 N–H and O–H groups in total. The first-order valence-electron chi connectivity index (χ1n) is 6.90. The van der Waals surface area contributed by atoms with Crippen LogP contribution >= 0.6 is 0 Å². The molecule has 1 aromatic rings. The molecule has 0 aromatic heterocycles. The smallest absolute Gasteiger partial charge is 0.245 e. The minimum Gasteiger partial charge on any atom is -0.398 e. The minimum atomic E-state index is -3.45. The monoisotopic (exact) mass is 297 g/mol. The third-order valence-corrected chi connectivity index (χ3v) is 5.71. The normalized spacial score (nSPS) is 18.6. The SMILES string of the molecule is CN(C)CC1CCN(S(=O)(=O)c2ccccc2N)CC1. The molecule has 1 aromatic carbocycles. The van der Waals surface area contributed by atoms with Gasteiger partial charge in [0.05, 0.1) is 5.69 Å². The molecule has 6 heteroatoms. The van der Waals surface area contributed by atoms with E-state index in [-0.39, 0.29) is 4.90 Å². The standard InChI is InChI=1S/C14H23N3O2S/c1-16(2)11-12-7-9-17(10-8-12)20(18,19)14-6-4-3-5-13(14)15/h3-6,12H,7-11,15H2,1-2H3. The van der Waals surface area contributed by atoms with Crippen molar-refractivity contribution in [2.75, 3.05) is 39.5 Å². The average Bonchev–Trinajstić information content (AvgIpc) is 2.39. The summed E-state index contributed by atoms with van der Waals surface area (Å²) >= 11 is 0. The first kappa shape index (κ1) is 15.3. The van der Waals surface area contributed by atoms with Crippen molar-refractivity contribution in [1.82, 2.24) is 9.21 Å². The Bertz CT molecular complexity index is 549. The summed E-state index contributed by atoms with van der Waals surface area (Å²) in [6, 6.07) is 6.67. The van der Waals surface area contributed by atoms with Gasteiger partial charge >= 0.3 is 0 Å². The van der Waals surface area contributed by atoms with E-state index in [9.17, 15) is 8.42 Å². The predicted octanol–water partition coefficient (Wildman–Crippen LogP) is 1.23. The van der Waals surface area contributed by atoms with Gasteiger partial charge in [-0.05, 0) is 45.0 Å². The second-order valence-corrected chi connectivity index (χ2v) is 7.55. The number of nitrogen functional groups attached to an aromatic ring is 1. The average molecular weight is 297 g/mol. The number of para-hydroxylation sites is 1. The lowest BCUT2D eigenvalue weighted by Crippen LogP contribution is -2.40. The van der Waals surface area contributed by atoms with Crippen LogP contribution < -0.4 is 5.73 Å². The van der Waals surface area contributed by atoms with E-state index in [0.717, 1.165) is 19.4 Å². The van der Waals surface area contributed by atoms with Gasteiger partial charge in [-0.2, -0.15) is 4.31 Å². The minimum absolute atomic E-state index is 0.228. The van der Waals surface area contributed by atoms with Crippen molar-refractivity contribution in [2.45, 2.75) is 17.7 Å². The van der Waals surface area contributed by atoms with Crippen LogP contribution in [0.15, 0.2) is 29.2 Å². The van der Waals surface area contributed by atoms with Gasteiger partial charge in [0.1, 0.15) is 4.90 Å². The van der Waals surface area contributed by atoms with Crippen LogP contribution in [-0.2, 0) is 10.0 Å². The first-order valence-corrected chi connectivity index (χ1v) is 8.34. The van der Waals surface area contributed by atoms with Crippen molar-refractivity contribution < 1.29 is 8.42 Å². The van der Waals surface area contributed by atoms with Gasteiger partial charge in [0, 0.05) is 19.6 Å². The highest BCUT2D eigenvalue weighted by molar-refractivity contribution is 7.89. The molecule has 0 saturated carbocycles. The Kier molecular flexibility index (Phi) is 4.67. The van der Waals surface area contributed by atoms with Gasteiger partial charge in [-0.25, -0.2) is 8.42 Å². The number of rotatable bonds is 4. The lowest BCUT2D eigenvalue weighted by atomic mass is 9.98. The summed E-state index contributed by atoms with van der Waals surface area (Å²) in [5.74, 6) is 0.574. The van der Waals surface area contributed by atoms with Crippen LogP contribution in [0.4, 0.5) is 5.69 Å². The topological polar surface area (TPSA) is 66.6 Å². The Hall–Kier alpha value is -1.11. The van der Waals surface area contributed by atoms with Gasteiger partial charge in [-0.15, -0.1) is 0 Å². The fraction of sp³-hybridized carbons (Fsp3) is 0.571. The number of nitrogens with zero attached hydrogens (tertiary/aromatic N) is 2. The number of hydrogen-bond donors (Lipinski definition) is 1. The highest BCUT2D eigenvalue weighted by Gasteiger charge is 2.30. The Morgan fingerprint density at radius 1 is 1.25 bits per heavy atom. The molecule has 1 aliphatic rings. The molecule has 20 heavy (non-hydrogen) atoms. The summed E-state index contributed by atoms with van der Waals surface area (Å²) in [5, 5.41) is 0. The third-order valence-electron chi connectivity index (χ3n) is 3.73. The van der Waals surface area contributed by atoms with E-state index >= 15 is 0 Å². The number of benzene rings is 1. The summed E-state index contributed by atoms with van der Waals surface area (Å²) in [5.41, 5.74) is 6.12. The lowest BCUT2D eigenvalue weighted by Gasteiger charge is -2.32. The van der Waals surface area contributed by atoms with Gasteiger partial charge in [0.25, 0.3) is 0 Å². The van der Waals surface area contributed by atoms with E-state index in [4.69, 9.17) is 5.73 Å². The molecule has 0 spiro atoms. The van der Waals surface area contributed by atoms with Gasteiger partial charge in [-0.1, -0.05) is 12.1 Å². The maximum atomic E-state index is 12.6. The van der Waals surface area contributed by atoms with Crippen molar-refractivity contribution in [3.8, 4) is 0 Å². The van der Waals surface area contributed by atoms with E-state index < -0.39 is 10.0 Å². The number of piperidine rings is 1. The molecule has 0 unspecified atom stereocenters. The molecule has 0 atom stereocenters. The molecule has 5 nitrogen and oxygen atoms in total. The molecular formula is C14H23N3O2S. The summed E-state index contributed by atoms with van der Waals surface area (Å²) < 4.78 is 26.7. The van der Waals surface area contributed by atoms with Crippen LogP contribution in [0.1, 0.15) is 12.8 Å². The number of sulfonamides is 1. The Morgan fingerprint density at radius 2 is 1.85 bits per heavy atom. The van der Waals surface area contributed by atoms with E-state index in [1.165, 1.54) is 0 Å². The maximum Gasteiger partial charge on any atom is 0.245 e. The predicted molar refractivity (Wildman–Crippen MR) is 80.9 cm³/mol. The third kappa shape index (κ3) is 3.31. The Morgan fingerprint density at radius 3 is 2.40 bits per heavy atom. The van der Waals surface area contributed by atoms with E-state index in [1.807, 2.05) is 14.1 Å². The zero-order valence-electron chi connectivity index (χ0n) is 12.1. The van der Waals surface area contributed by atoms with Gasteiger partial charge in [0.15, 0.2) is 0 Å². The molecule has 1 heterocycles. The molecular weight excluding hydrogens is 274 g/mol. The largest absolute Gasteiger partial charge is 0.398 e. The first-order chi connectivity index (χ1) is 9.41. The van der Waals surface area contributed by atoms with Crippen molar-refractivity contribution in [3.05, 3.63) is 24.3 Å². The fourth-order valence-electron chi connectivity index (χ4n) is 2.70. The molecule has 0 amide bonds. The van der Waals surface area contributed by atoms with Crippen LogP contribution in [0.3, 0.4) is 0 Å². The summed E-state index contributed by atoms with van der Waals surface area (Å²) in [7, 11) is 0.649. The van der Waals surface area contributed by atoms with Crippen molar-refractivity contribution in [2.24, 2.45) is 5.92 Å². The summed E-state index contributed by atoms with van der Waals surface area (Å²) in [6.07, 6.45) is 1.81. The number of anilines is 1. The molecule has 0 radical (unpaired) electrons. The van der Waals surface area contributed by atoms with Gasteiger partial charge in [0.2, 0.25) is 10.0 Å². The quantitative estimate of drug-likeness (QED) is 0.849. The maximum absolute atomic E-state index is 12.6. The van der Waals surface area contributed by atoms with Crippen LogP contribution in [0.25, 0.3) is 0 Å². The van der Waals surface area contributed by atoms with Crippen molar-refractivity contribution in [1.29, 1.82) is 0 Å². The second kappa shape index (κ2) is 6.11. The van der Waals surface area contributed by atoms with E-state index in [0.29, 0.717) is 24.7 Å². The summed E-state index contributed by atoms with van der Waals surface area (Å²) in [6.45, 7) is 2.17. The summed E-state index contributed by atoms with van der Waals surface area (Å²) in [4.78, 5) is 2.38.